The Hall–Kier alpha value is -1.70. The van der Waals surface area contributed by atoms with Crippen LogP contribution in [-0.2, 0) is 4.79 Å². The molecule has 1 aromatic carbocycles. The predicted octanol–water partition coefficient (Wildman–Crippen LogP) is 3.24. The van der Waals surface area contributed by atoms with Gasteiger partial charge in [-0.25, -0.2) is 4.39 Å². The minimum absolute atomic E-state index is 0.134. The number of carbonyl (C=O) groups excluding carboxylic acids is 1. The molecule has 2 rings (SSSR count). The topological polar surface area (TPSA) is 17.1 Å². The molecule has 1 aromatic rings. The molecule has 0 bridgehead atoms. The summed E-state index contributed by atoms with van der Waals surface area (Å²) in [5, 5.41) is 0. The van der Waals surface area contributed by atoms with Crippen LogP contribution < -0.4 is 0 Å². The van der Waals surface area contributed by atoms with E-state index in [1.807, 2.05) is 6.07 Å². The van der Waals surface area contributed by atoms with Gasteiger partial charge in [0.1, 0.15) is 6.17 Å². The summed E-state index contributed by atoms with van der Waals surface area (Å²) in [6.45, 7) is 1.77. The van der Waals surface area contributed by atoms with Crippen LogP contribution in [0.4, 0.5) is 4.39 Å². The molecule has 0 fully saturated rings. The van der Waals surface area contributed by atoms with Gasteiger partial charge in [0.2, 0.25) is 0 Å². The first-order valence-electron chi connectivity index (χ1n) is 4.86. The fraction of sp³-hybridized carbons (Fsp3) is 0.154. The summed E-state index contributed by atoms with van der Waals surface area (Å²) in [7, 11) is 0. The second-order valence-electron chi connectivity index (χ2n) is 3.43. The maximum absolute atomic E-state index is 13.5. The van der Waals surface area contributed by atoms with Crippen LogP contribution >= 0.6 is 0 Å². The second kappa shape index (κ2) is 3.81. The number of alkyl halides is 1. The number of allylic oxidation sites excluding steroid dienone is 4. The molecule has 0 N–H and O–H groups in total. The van der Waals surface area contributed by atoms with E-state index in [0.29, 0.717) is 16.7 Å². The molecule has 0 saturated heterocycles. The number of benzene rings is 1. The molecular weight excluding hydrogens is 191 g/mol. The normalized spacial score (nSPS) is 19.1. The molecule has 1 nitrogen and oxygen atoms in total. The van der Waals surface area contributed by atoms with Gasteiger partial charge in [-0.2, -0.15) is 0 Å². The highest BCUT2D eigenvalue weighted by atomic mass is 19.1. The first kappa shape index (κ1) is 9.84. The standard InChI is InChI=1S/C13H11FO/c1-2-5-13(15)11-8-12(14)10-7-4-3-6-9(10)11/h2-8,12H,1H3/b5-2+. The molecule has 1 aliphatic rings. The van der Waals surface area contributed by atoms with Gasteiger partial charge in [-0.15, -0.1) is 0 Å². The van der Waals surface area contributed by atoms with Crippen LogP contribution in [0.25, 0.3) is 5.57 Å². The lowest BCUT2D eigenvalue weighted by Gasteiger charge is -2.01. The van der Waals surface area contributed by atoms with Crippen molar-refractivity contribution in [1.29, 1.82) is 0 Å². The van der Waals surface area contributed by atoms with Crippen molar-refractivity contribution < 1.29 is 9.18 Å². The lowest BCUT2D eigenvalue weighted by molar-refractivity contribution is -0.109. The summed E-state index contributed by atoms with van der Waals surface area (Å²) < 4.78 is 13.5. The van der Waals surface area contributed by atoms with E-state index in [1.54, 1.807) is 31.2 Å². The smallest absolute Gasteiger partial charge is 0.185 e. The van der Waals surface area contributed by atoms with Gasteiger partial charge in [0.25, 0.3) is 0 Å². The van der Waals surface area contributed by atoms with Gasteiger partial charge in [-0.3, -0.25) is 4.79 Å². The van der Waals surface area contributed by atoms with Crippen molar-refractivity contribution in [1.82, 2.24) is 0 Å². The monoisotopic (exact) mass is 202 g/mol. The Kier molecular flexibility index (Phi) is 2.50. The Balaban J connectivity index is 2.45. The molecule has 0 spiro atoms. The van der Waals surface area contributed by atoms with Crippen molar-refractivity contribution in [2.75, 3.05) is 0 Å². The molecule has 1 unspecified atom stereocenters. The number of hydrogen-bond donors (Lipinski definition) is 0. The minimum Gasteiger partial charge on any atom is -0.289 e. The lowest BCUT2D eigenvalue weighted by Crippen LogP contribution is -1.95. The maximum Gasteiger partial charge on any atom is 0.185 e. The Morgan fingerprint density at radius 2 is 2.13 bits per heavy atom. The van der Waals surface area contributed by atoms with Crippen molar-refractivity contribution in [3.63, 3.8) is 0 Å². The van der Waals surface area contributed by atoms with E-state index in [-0.39, 0.29) is 5.78 Å². The van der Waals surface area contributed by atoms with E-state index in [2.05, 4.69) is 0 Å². The minimum atomic E-state index is -1.15. The summed E-state index contributed by atoms with van der Waals surface area (Å²) >= 11 is 0. The Labute approximate surface area is 87.9 Å². The summed E-state index contributed by atoms with van der Waals surface area (Å²) in [6, 6.07) is 7.09. The van der Waals surface area contributed by atoms with E-state index in [4.69, 9.17) is 0 Å². The van der Waals surface area contributed by atoms with Crippen molar-refractivity contribution in [3.8, 4) is 0 Å². The molecule has 2 heteroatoms. The van der Waals surface area contributed by atoms with Crippen LogP contribution in [0.5, 0.6) is 0 Å². The number of ketones is 1. The molecule has 0 saturated carbocycles. The highest BCUT2D eigenvalue weighted by Crippen LogP contribution is 2.36. The van der Waals surface area contributed by atoms with E-state index in [1.165, 1.54) is 12.2 Å². The van der Waals surface area contributed by atoms with Gasteiger partial charge < -0.3 is 0 Å². The first-order chi connectivity index (χ1) is 7.24. The highest BCUT2D eigenvalue weighted by Gasteiger charge is 2.25. The third-order valence-electron chi connectivity index (χ3n) is 2.44. The molecule has 0 amide bonds. The molecule has 0 aromatic heterocycles. The van der Waals surface area contributed by atoms with Crippen LogP contribution in [-0.4, -0.2) is 5.78 Å². The van der Waals surface area contributed by atoms with Crippen molar-refractivity contribution >= 4 is 11.4 Å². The molecule has 0 heterocycles. The van der Waals surface area contributed by atoms with Crippen LogP contribution in [0.2, 0.25) is 0 Å². The van der Waals surface area contributed by atoms with Crippen LogP contribution in [0.15, 0.2) is 42.5 Å². The van der Waals surface area contributed by atoms with E-state index in [0.717, 1.165) is 0 Å². The first-order valence-corrected chi connectivity index (χ1v) is 4.86. The van der Waals surface area contributed by atoms with Crippen molar-refractivity contribution in [3.05, 3.63) is 53.6 Å². The number of fused-ring (bicyclic) bond motifs is 1. The number of carbonyl (C=O) groups is 1. The Bertz CT molecular complexity index is 457. The lowest BCUT2D eigenvalue weighted by atomic mass is 10.0. The van der Waals surface area contributed by atoms with Gasteiger partial charge in [-0.05, 0) is 30.2 Å². The SMILES string of the molecule is C/C=C/C(=O)C1=CC(F)c2ccccc21. The molecule has 0 radical (unpaired) electrons. The van der Waals surface area contributed by atoms with Gasteiger partial charge in [0.05, 0.1) is 0 Å². The third-order valence-corrected chi connectivity index (χ3v) is 2.44. The third kappa shape index (κ3) is 1.63. The number of halogens is 1. The fourth-order valence-corrected chi connectivity index (χ4v) is 1.76. The zero-order valence-corrected chi connectivity index (χ0v) is 8.41. The van der Waals surface area contributed by atoms with Crippen molar-refractivity contribution in [2.24, 2.45) is 0 Å². The van der Waals surface area contributed by atoms with Crippen LogP contribution in [0, 0.1) is 0 Å². The summed E-state index contributed by atoms with van der Waals surface area (Å²) in [6.07, 6.45) is 3.36. The number of rotatable bonds is 2. The fourth-order valence-electron chi connectivity index (χ4n) is 1.76. The molecule has 1 aliphatic carbocycles. The molecule has 0 aliphatic heterocycles. The van der Waals surface area contributed by atoms with Gasteiger partial charge >= 0.3 is 0 Å². The summed E-state index contributed by atoms with van der Waals surface area (Å²) in [4.78, 5) is 11.6. The molecule has 1 atom stereocenters. The largest absolute Gasteiger partial charge is 0.289 e. The average molecular weight is 202 g/mol. The number of hydrogen-bond acceptors (Lipinski definition) is 1. The summed E-state index contributed by atoms with van der Waals surface area (Å²) in [5.41, 5.74) is 1.77. The van der Waals surface area contributed by atoms with E-state index in [9.17, 15) is 9.18 Å². The molecule has 76 valence electrons. The van der Waals surface area contributed by atoms with Gasteiger partial charge in [0.15, 0.2) is 5.78 Å². The Morgan fingerprint density at radius 3 is 2.87 bits per heavy atom. The van der Waals surface area contributed by atoms with Crippen molar-refractivity contribution in [2.45, 2.75) is 13.1 Å². The molecular formula is C13H11FO. The predicted molar refractivity (Wildman–Crippen MR) is 58.1 cm³/mol. The second-order valence-corrected chi connectivity index (χ2v) is 3.43. The van der Waals surface area contributed by atoms with E-state index < -0.39 is 6.17 Å². The van der Waals surface area contributed by atoms with E-state index >= 15 is 0 Å². The quantitative estimate of drug-likeness (QED) is 0.673. The molecule has 15 heavy (non-hydrogen) atoms. The summed E-state index contributed by atoms with van der Waals surface area (Å²) in [5.74, 6) is -0.134. The Morgan fingerprint density at radius 1 is 1.40 bits per heavy atom. The van der Waals surface area contributed by atoms with Crippen LogP contribution in [0.3, 0.4) is 0 Å². The van der Waals surface area contributed by atoms with Gasteiger partial charge in [0, 0.05) is 5.57 Å². The van der Waals surface area contributed by atoms with Gasteiger partial charge in [-0.1, -0.05) is 30.3 Å². The zero-order chi connectivity index (χ0) is 10.8. The zero-order valence-electron chi connectivity index (χ0n) is 8.41. The average Bonchev–Trinajstić information content (AvgIpc) is 2.58. The van der Waals surface area contributed by atoms with Crippen LogP contribution in [0.1, 0.15) is 24.2 Å². The highest BCUT2D eigenvalue weighted by molar-refractivity contribution is 6.27. The maximum atomic E-state index is 13.5.